The van der Waals surface area contributed by atoms with E-state index in [9.17, 15) is 14.7 Å². The Kier molecular flexibility index (Phi) is 4.13. The number of carbonyl (C=O) groups excluding carboxylic acids is 1. The van der Waals surface area contributed by atoms with Crippen molar-refractivity contribution < 1.29 is 24.5 Å². The zero-order valence-corrected chi connectivity index (χ0v) is 10.2. The van der Waals surface area contributed by atoms with Gasteiger partial charge in [0.25, 0.3) is 5.91 Å². The molecular formula is C13H15NO5. The summed E-state index contributed by atoms with van der Waals surface area (Å²) in [5.74, 6) is -1.74. The monoisotopic (exact) mass is 265 g/mol. The van der Waals surface area contributed by atoms with E-state index in [1.807, 2.05) is 0 Å². The lowest BCUT2D eigenvalue weighted by Gasteiger charge is -2.34. The van der Waals surface area contributed by atoms with E-state index in [-0.39, 0.29) is 19.8 Å². The normalized spacial score (nSPS) is 20.9. The number of carbonyl (C=O) groups is 2. The molecule has 0 saturated carbocycles. The zero-order valence-electron chi connectivity index (χ0n) is 10.2. The molecule has 102 valence electrons. The molecule has 19 heavy (non-hydrogen) atoms. The van der Waals surface area contributed by atoms with Crippen molar-refractivity contribution in [2.75, 3.05) is 19.8 Å². The number of ether oxygens (including phenoxy) is 1. The predicted octanol–water partition coefficient (Wildman–Crippen LogP) is 0.0320. The van der Waals surface area contributed by atoms with Crippen LogP contribution in [0.15, 0.2) is 30.3 Å². The van der Waals surface area contributed by atoms with Gasteiger partial charge in [0.2, 0.25) is 0 Å². The number of amides is 1. The van der Waals surface area contributed by atoms with Crippen molar-refractivity contribution in [2.45, 2.75) is 12.1 Å². The minimum atomic E-state index is -1.35. The number of carboxylic acid groups (broad SMARTS) is 1. The Bertz CT molecular complexity index is 461. The van der Waals surface area contributed by atoms with Crippen molar-refractivity contribution in [3.63, 3.8) is 0 Å². The summed E-state index contributed by atoms with van der Waals surface area (Å²) < 4.78 is 5.05. The van der Waals surface area contributed by atoms with Gasteiger partial charge < -0.3 is 19.8 Å². The summed E-state index contributed by atoms with van der Waals surface area (Å²) in [5.41, 5.74) is 0.447. The molecule has 0 aliphatic carbocycles. The summed E-state index contributed by atoms with van der Waals surface area (Å²) in [4.78, 5) is 24.4. The Balaban J connectivity index is 2.15. The summed E-state index contributed by atoms with van der Waals surface area (Å²) in [6.07, 6.45) is -1.35. The van der Waals surface area contributed by atoms with Crippen LogP contribution in [0.25, 0.3) is 0 Å². The Labute approximate surface area is 110 Å². The highest BCUT2D eigenvalue weighted by molar-refractivity contribution is 5.87. The first-order chi connectivity index (χ1) is 9.11. The first-order valence-electron chi connectivity index (χ1n) is 5.95. The number of aliphatic carboxylic acids is 1. The molecule has 1 fully saturated rings. The van der Waals surface area contributed by atoms with Gasteiger partial charge in [-0.15, -0.1) is 0 Å². The highest BCUT2D eigenvalue weighted by Gasteiger charge is 2.35. The van der Waals surface area contributed by atoms with Crippen molar-refractivity contribution in [1.82, 2.24) is 4.90 Å². The molecule has 0 radical (unpaired) electrons. The van der Waals surface area contributed by atoms with Crippen LogP contribution in [0, 0.1) is 0 Å². The molecule has 6 heteroatoms. The maximum absolute atomic E-state index is 12.2. The second-order valence-corrected chi connectivity index (χ2v) is 4.27. The number of carboxylic acids is 1. The van der Waals surface area contributed by atoms with Gasteiger partial charge in [0.05, 0.1) is 13.2 Å². The quantitative estimate of drug-likeness (QED) is 0.805. The van der Waals surface area contributed by atoms with Gasteiger partial charge in [-0.05, 0) is 5.56 Å². The topological polar surface area (TPSA) is 87.1 Å². The largest absolute Gasteiger partial charge is 0.480 e. The molecule has 1 aliphatic heterocycles. The molecule has 2 unspecified atom stereocenters. The number of hydrogen-bond acceptors (Lipinski definition) is 4. The molecule has 1 heterocycles. The summed E-state index contributed by atoms with van der Waals surface area (Å²) in [6.45, 7) is 0.388. The van der Waals surface area contributed by atoms with E-state index in [1.165, 1.54) is 0 Å². The van der Waals surface area contributed by atoms with Gasteiger partial charge in [0.1, 0.15) is 0 Å². The van der Waals surface area contributed by atoms with Crippen molar-refractivity contribution in [3.8, 4) is 0 Å². The first-order valence-corrected chi connectivity index (χ1v) is 5.95. The van der Waals surface area contributed by atoms with Crippen LogP contribution in [-0.2, 0) is 14.3 Å². The van der Waals surface area contributed by atoms with E-state index in [0.29, 0.717) is 5.56 Å². The summed E-state index contributed by atoms with van der Waals surface area (Å²) in [7, 11) is 0. The lowest BCUT2D eigenvalue weighted by Crippen LogP contribution is -2.53. The van der Waals surface area contributed by atoms with E-state index in [2.05, 4.69) is 0 Å². The first kappa shape index (κ1) is 13.5. The molecule has 2 N–H and O–H groups in total. The standard InChI is InChI=1S/C13H15NO5/c15-11(9-4-2-1-3-5-9)12(16)14-6-7-19-8-10(14)13(17)18/h1-5,10-11,15H,6-8H2,(H,17,18). The molecule has 1 aromatic carbocycles. The van der Waals surface area contributed by atoms with Gasteiger partial charge in [-0.3, -0.25) is 4.79 Å². The van der Waals surface area contributed by atoms with Crippen molar-refractivity contribution in [3.05, 3.63) is 35.9 Å². The lowest BCUT2D eigenvalue weighted by molar-refractivity contribution is -0.162. The number of morpholine rings is 1. The molecular weight excluding hydrogens is 250 g/mol. The maximum atomic E-state index is 12.2. The number of benzene rings is 1. The fraction of sp³-hybridized carbons (Fsp3) is 0.385. The molecule has 1 aromatic rings. The summed E-state index contributed by atoms with van der Waals surface area (Å²) in [6, 6.07) is 7.40. The van der Waals surface area contributed by atoms with Crippen LogP contribution < -0.4 is 0 Å². The van der Waals surface area contributed by atoms with Crippen molar-refractivity contribution >= 4 is 11.9 Å². The highest BCUT2D eigenvalue weighted by atomic mass is 16.5. The van der Waals surface area contributed by atoms with Crippen LogP contribution in [0.3, 0.4) is 0 Å². The van der Waals surface area contributed by atoms with Crippen molar-refractivity contribution in [2.24, 2.45) is 0 Å². The van der Waals surface area contributed by atoms with E-state index in [4.69, 9.17) is 9.84 Å². The van der Waals surface area contributed by atoms with Crippen LogP contribution in [0.5, 0.6) is 0 Å². The van der Waals surface area contributed by atoms with Gasteiger partial charge in [-0.2, -0.15) is 0 Å². The second kappa shape index (κ2) is 5.81. The molecule has 0 spiro atoms. The number of nitrogens with zero attached hydrogens (tertiary/aromatic N) is 1. The number of rotatable bonds is 3. The lowest BCUT2D eigenvalue weighted by atomic mass is 10.1. The van der Waals surface area contributed by atoms with Crippen LogP contribution in [0.4, 0.5) is 0 Å². The van der Waals surface area contributed by atoms with Crippen LogP contribution >= 0.6 is 0 Å². The Morgan fingerprint density at radius 3 is 2.63 bits per heavy atom. The van der Waals surface area contributed by atoms with E-state index in [0.717, 1.165) is 4.90 Å². The molecule has 0 bridgehead atoms. The van der Waals surface area contributed by atoms with Gasteiger partial charge in [0.15, 0.2) is 12.1 Å². The van der Waals surface area contributed by atoms with Crippen LogP contribution in [0.1, 0.15) is 11.7 Å². The third kappa shape index (κ3) is 2.91. The highest BCUT2D eigenvalue weighted by Crippen LogP contribution is 2.18. The third-order valence-electron chi connectivity index (χ3n) is 3.05. The summed E-state index contributed by atoms with van der Waals surface area (Å²) >= 11 is 0. The average Bonchev–Trinajstić information content (AvgIpc) is 2.46. The minimum Gasteiger partial charge on any atom is -0.480 e. The van der Waals surface area contributed by atoms with Crippen LogP contribution in [-0.4, -0.2) is 52.8 Å². The van der Waals surface area contributed by atoms with E-state index in [1.54, 1.807) is 30.3 Å². The van der Waals surface area contributed by atoms with Crippen molar-refractivity contribution in [1.29, 1.82) is 0 Å². The molecule has 2 rings (SSSR count). The number of hydrogen-bond donors (Lipinski definition) is 2. The third-order valence-corrected chi connectivity index (χ3v) is 3.05. The summed E-state index contributed by atoms with van der Waals surface area (Å²) in [5, 5.41) is 19.1. The molecule has 1 amide bonds. The molecule has 2 atom stereocenters. The molecule has 1 saturated heterocycles. The zero-order chi connectivity index (χ0) is 13.8. The van der Waals surface area contributed by atoms with Gasteiger partial charge in [0, 0.05) is 6.54 Å². The number of aliphatic hydroxyl groups is 1. The van der Waals surface area contributed by atoms with Gasteiger partial charge in [-0.1, -0.05) is 30.3 Å². The van der Waals surface area contributed by atoms with Crippen LogP contribution in [0.2, 0.25) is 0 Å². The Morgan fingerprint density at radius 1 is 1.32 bits per heavy atom. The fourth-order valence-corrected chi connectivity index (χ4v) is 2.01. The Morgan fingerprint density at radius 2 is 2.00 bits per heavy atom. The van der Waals surface area contributed by atoms with Gasteiger partial charge >= 0.3 is 5.97 Å². The average molecular weight is 265 g/mol. The molecule has 1 aliphatic rings. The maximum Gasteiger partial charge on any atom is 0.328 e. The Hall–Kier alpha value is -1.92. The predicted molar refractivity (Wildman–Crippen MR) is 65.4 cm³/mol. The second-order valence-electron chi connectivity index (χ2n) is 4.27. The minimum absolute atomic E-state index is 0.0530. The van der Waals surface area contributed by atoms with E-state index < -0.39 is 24.0 Å². The van der Waals surface area contributed by atoms with E-state index >= 15 is 0 Å². The van der Waals surface area contributed by atoms with Gasteiger partial charge in [-0.25, -0.2) is 4.79 Å². The molecule has 6 nitrogen and oxygen atoms in total. The fourth-order valence-electron chi connectivity index (χ4n) is 2.01. The number of aliphatic hydroxyl groups excluding tert-OH is 1. The molecule has 0 aromatic heterocycles. The SMILES string of the molecule is O=C(O)C1COCCN1C(=O)C(O)c1ccccc1. The smallest absolute Gasteiger partial charge is 0.328 e.